The fourth-order valence-electron chi connectivity index (χ4n) is 1.29. The van der Waals surface area contributed by atoms with Crippen molar-refractivity contribution in [3.63, 3.8) is 0 Å². The molecule has 14 heavy (non-hydrogen) atoms. The van der Waals surface area contributed by atoms with Crippen LogP contribution in [0.3, 0.4) is 0 Å². The molecule has 2 aromatic rings. The molecule has 1 aromatic carbocycles. The van der Waals surface area contributed by atoms with Gasteiger partial charge in [-0.15, -0.1) is 0 Å². The lowest BCUT2D eigenvalue weighted by Gasteiger charge is -2.01. The first-order valence-electron chi connectivity index (χ1n) is 3.79. The summed E-state index contributed by atoms with van der Waals surface area (Å²) in [6, 6.07) is 2.39. The van der Waals surface area contributed by atoms with Crippen LogP contribution in [0, 0.1) is 5.82 Å². The zero-order chi connectivity index (χ0) is 10.3. The van der Waals surface area contributed by atoms with Gasteiger partial charge in [0.25, 0.3) is 0 Å². The van der Waals surface area contributed by atoms with Crippen LogP contribution in [0.4, 0.5) is 4.39 Å². The van der Waals surface area contributed by atoms with E-state index in [4.69, 9.17) is 17.4 Å². The lowest BCUT2D eigenvalue weighted by Crippen LogP contribution is -2.10. The fraction of sp³-hybridized carbons (Fsp3) is 0. The molecule has 3 nitrogen and oxygen atoms in total. The molecule has 1 heterocycles. The van der Waals surface area contributed by atoms with Crippen molar-refractivity contribution in [3.8, 4) is 0 Å². The van der Waals surface area contributed by atoms with Crippen molar-refractivity contribution in [2.75, 3.05) is 0 Å². The van der Waals surface area contributed by atoms with Crippen molar-refractivity contribution in [3.05, 3.63) is 29.8 Å². The Balaban J connectivity index is 2.88. The molecule has 2 radical (unpaired) electrons. The molecule has 0 saturated carbocycles. The zero-order valence-corrected chi connectivity index (χ0v) is 6.95. The number of furan rings is 1. The van der Waals surface area contributed by atoms with E-state index in [2.05, 4.69) is 0 Å². The van der Waals surface area contributed by atoms with E-state index in [9.17, 15) is 9.18 Å². The van der Waals surface area contributed by atoms with E-state index in [1.807, 2.05) is 0 Å². The van der Waals surface area contributed by atoms with Crippen LogP contribution in [0.15, 0.2) is 22.8 Å². The second-order valence-corrected chi connectivity index (χ2v) is 2.80. The summed E-state index contributed by atoms with van der Waals surface area (Å²) < 4.78 is 18.3. The molecule has 0 amide bonds. The Hall–Kier alpha value is -1.78. The van der Waals surface area contributed by atoms with E-state index in [1.54, 1.807) is 0 Å². The topological polar surface area (TPSA) is 50.4 Å². The molecule has 0 aliphatic rings. The maximum Gasteiger partial charge on any atom is 0.338 e. The highest BCUT2D eigenvalue weighted by molar-refractivity contribution is 6.38. The average molecular weight is 190 g/mol. The van der Waals surface area contributed by atoms with Crippen molar-refractivity contribution in [1.29, 1.82) is 0 Å². The highest BCUT2D eigenvalue weighted by Crippen LogP contribution is 2.20. The Bertz CT molecular complexity index is 518. The van der Waals surface area contributed by atoms with Gasteiger partial charge in [0.15, 0.2) is 0 Å². The molecule has 1 aromatic heterocycles. The van der Waals surface area contributed by atoms with Crippen molar-refractivity contribution in [2.45, 2.75) is 0 Å². The Morgan fingerprint density at radius 1 is 1.57 bits per heavy atom. The lowest BCUT2D eigenvalue weighted by atomic mass is 9.92. The summed E-state index contributed by atoms with van der Waals surface area (Å²) in [5.41, 5.74) is -0.160. The van der Waals surface area contributed by atoms with Crippen LogP contribution in [0.1, 0.15) is 10.4 Å². The van der Waals surface area contributed by atoms with Gasteiger partial charge in [-0.1, -0.05) is 5.46 Å². The Kier molecular flexibility index (Phi) is 1.80. The molecule has 0 unspecified atom stereocenters. The van der Waals surface area contributed by atoms with Crippen molar-refractivity contribution in [1.82, 2.24) is 0 Å². The monoisotopic (exact) mass is 190 g/mol. The molecular weight excluding hydrogens is 186 g/mol. The summed E-state index contributed by atoms with van der Waals surface area (Å²) >= 11 is 0. The molecule has 0 aliphatic carbocycles. The van der Waals surface area contributed by atoms with Gasteiger partial charge in [-0.25, -0.2) is 9.18 Å². The average Bonchev–Trinajstić information content (AvgIpc) is 2.59. The number of carbonyl (C=O) groups is 1. The molecule has 0 spiro atoms. The summed E-state index contributed by atoms with van der Waals surface area (Å²) in [5, 5.41) is 8.75. The van der Waals surface area contributed by atoms with E-state index in [0.29, 0.717) is 0 Å². The second-order valence-electron chi connectivity index (χ2n) is 2.80. The fourth-order valence-corrected chi connectivity index (χ4v) is 1.29. The normalized spacial score (nSPS) is 10.6. The molecule has 5 heteroatoms. The summed E-state index contributed by atoms with van der Waals surface area (Å²) in [6.45, 7) is 0. The third-order valence-corrected chi connectivity index (χ3v) is 1.93. The van der Waals surface area contributed by atoms with Gasteiger partial charge < -0.3 is 9.52 Å². The molecule has 0 fully saturated rings. The van der Waals surface area contributed by atoms with Crippen molar-refractivity contribution < 1.29 is 18.7 Å². The van der Waals surface area contributed by atoms with Gasteiger partial charge >= 0.3 is 5.97 Å². The molecule has 0 saturated heterocycles. The van der Waals surface area contributed by atoms with E-state index < -0.39 is 17.3 Å². The Labute approximate surface area is 79.5 Å². The maximum absolute atomic E-state index is 13.4. The van der Waals surface area contributed by atoms with E-state index in [0.717, 1.165) is 6.07 Å². The molecular formula is C9H4BFO3. The van der Waals surface area contributed by atoms with Gasteiger partial charge in [-0.2, -0.15) is 0 Å². The number of halogens is 1. The smallest absolute Gasteiger partial charge is 0.338 e. The number of aromatic carboxylic acids is 1. The Morgan fingerprint density at radius 2 is 2.29 bits per heavy atom. The number of carboxylic acid groups (broad SMARTS) is 1. The summed E-state index contributed by atoms with van der Waals surface area (Å²) in [6.07, 6.45) is 1.26. The number of fused-ring (bicyclic) bond motifs is 1. The number of benzene rings is 1. The van der Waals surface area contributed by atoms with Gasteiger partial charge in [0.1, 0.15) is 19.2 Å². The minimum Gasteiger partial charge on any atom is -0.478 e. The third-order valence-electron chi connectivity index (χ3n) is 1.93. The summed E-state index contributed by atoms with van der Waals surface area (Å²) in [5.74, 6) is -2.17. The minimum absolute atomic E-state index is 0.0856. The van der Waals surface area contributed by atoms with E-state index in [-0.39, 0.29) is 16.4 Å². The van der Waals surface area contributed by atoms with Crippen molar-refractivity contribution >= 4 is 30.2 Å². The van der Waals surface area contributed by atoms with Gasteiger partial charge in [0.2, 0.25) is 0 Å². The van der Waals surface area contributed by atoms with Crippen LogP contribution in [-0.4, -0.2) is 18.9 Å². The Morgan fingerprint density at radius 3 is 2.93 bits per heavy atom. The maximum atomic E-state index is 13.4. The van der Waals surface area contributed by atoms with Gasteiger partial charge in [-0.05, 0) is 12.1 Å². The standard InChI is InChI=1S/C9H4BFO3/c10-6-3-5(9(12)13)7(11)4-1-2-14-8(4)6/h1-3H,(H,12,13). The van der Waals surface area contributed by atoms with E-state index in [1.165, 1.54) is 12.3 Å². The first-order valence-corrected chi connectivity index (χ1v) is 3.79. The lowest BCUT2D eigenvalue weighted by molar-refractivity contribution is 0.0692. The highest BCUT2D eigenvalue weighted by Gasteiger charge is 2.16. The molecule has 0 aliphatic heterocycles. The molecule has 2 rings (SSSR count). The predicted molar refractivity (Wildman–Crippen MR) is 48.5 cm³/mol. The van der Waals surface area contributed by atoms with Crippen LogP contribution < -0.4 is 5.46 Å². The van der Waals surface area contributed by atoms with Crippen LogP contribution >= 0.6 is 0 Å². The van der Waals surface area contributed by atoms with Crippen LogP contribution in [0.2, 0.25) is 0 Å². The molecule has 1 N–H and O–H groups in total. The van der Waals surface area contributed by atoms with Crippen LogP contribution in [0.25, 0.3) is 11.0 Å². The SMILES string of the molecule is [B]c1cc(C(=O)O)c(F)c2ccoc12. The zero-order valence-electron chi connectivity index (χ0n) is 6.95. The highest BCUT2D eigenvalue weighted by atomic mass is 19.1. The first kappa shape index (κ1) is 8.81. The number of rotatable bonds is 1. The second kappa shape index (κ2) is 2.87. The summed E-state index contributed by atoms with van der Waals surface area (Å²) in [7, 11) is 5.48. The number of carboxylic acids is 1. The van der Waals surface area contributed by atoms with E-state index >= 15 is 0 Å². The first-order chi connectivity index (χ1) is 6.61. The van der Waals surface area contributed by atoms with Gasteiger partial charge in [0.05, 0.1) is 17.2 Å². The number of hydrogen-bond acceptors (Lipinski definition) is 2. The third kappa shape index (κ3) is 1.09. The van der Waals surface area contributed by atoms with Gasteiger partial charge in [0, 0.05) is 0 Å². The van der Waals surface area contributed by atoms with Gasteiger partial charge in [-0.3, -0.25) is 0 Å². The molecule has 0 bridgehead atoms. The quantitative estimate of drug-likeness (QED) is 0.684. The van der Waals surface area contributed by atoms with Crippen molar-refractivity contribution in [2.24, 2.45) is 0 Å². The predicted octanol–water partition coefficient (Wildman–Crippen LogP) is 1.06. The van der Waals surface area contributed by atoms with Crippen LogP contribution in [-0.2, 0) is 0 Å². The molecule has 0 atom stereocenters. The van der Waals surface area contributed by atoms with Crippen LogP contribution in [0.5, 0.6) is 0 Å². The molecule has 68 valence electrons. The summed E-state index contributed by atoms with van der Waals surface area (Å²) in [4.78, 5) is 10.6. The minimum atomic E-state index is -1.35. The largest absolute Gasteiger partial charge is 0.478 e. The number of hydrogen-bond donors (Lipinski definition) is 1.